The van der Waals surface area contributed by atoms with Crippen molar-refractivity contribution in [3.05, 3.63) is 47.0 Å². The SMILES string of the molecule is CC(C)=CCNS(=O)(=O)C1(c2cc(F)ccc2F)CCC(NS(=O)(=O)C(F)(F)F)CC1. The molecule has 1 aliphatic carbocycles. The minimum atomic E-state index is -5.63. The lowest BCUT2D eigenvalue weighted by molar-refractivity contribution is -0.0452. The van der Waals surface area contributed by atoms with Crippen LogP contribution in [0.4, 0.5) is 22.0 Å². The number of sulfonamides is 2. The molecule has 6 nitrogen and oxygen atoms in total. The van der Waals surface area contributed by atoms with E-state index in [1.807, 2.05) is 0 Å². The normalized spacial score (nSPS) is 22.9. The summed E-state index contributed by atoms with van der Waals surface area (Å²) in [5.41, 5.74) is -5.16. The Hall–Kier alpha value is -1.57. The van der Waals surface area contributed by atoms with E-state index in [0.717, 1.165) is 23.8 Å². The zero-order valence-electron chi connectivity index (χ0n) is 16.8. The van der Waals surface area contributed by atoms with Crippen molar-refractivity contribution < 1.29 is 38.8 Å². The van der Waals surface area contributed by atoms with Crippen molar-refractivity contribution in [1.82, 2.24) is 9.44 Å². The summed E-state index contributed by atoms with van der Waals surface area (Å²) in [7, 11) is -9.96. The fourth-order valence-electron chi connectivity index (χ4n) is 3.51. The molecule has 31 heavy (non-hydrogen) atoms. The molecule has 176 valence electrons. The van der Waals surface area contributed by atoms with E-state index in [-0.39, 0.29) is 19.4 Å². The molecule has 1 aromatic rings. The van der Waals surface area contributed by atoms with Crippen molar-refractivity contribution in [2.24, 2.45) is 0 Å². The summed E-state index contributed by atoms with van der Waals surface area (Å²) in [6, 6.07) is 1.13. The van der Waals surface area contributed by atoms with Crippen LogP contribution in [-0.2, 0) is 24.8 Å². The number of hydrogen-bond acceptors (Lipinski definition) is 4. The van der Waals surface area contributed by atoms with Crippen LogP contribution >= 0.6 is 0 Å². The van der Waals surface area contributed by atoms with Gasteiger partial charge in [0.25, 0.3) is 0 Å². The lowest BCUT2D eigenvalue weighted by atomic mass is 9.81. The summed E-state index contributed by atoms with van der Waals surface area (Å²) in [6.45, 7) is 3.34. The molecule has 0 spiro atoms. The summed E-state index contributed by atoms with van der Waals surface area (Å²) < 4.78 is 117. The number of halogens is 5. The third kappa shape index (κ3) is 5.62. The lowest BCUT2D eigenvalue weighted by Crippen LogP contribution is -2.51. The van der Waals surface area contributed by atoms with Gasteiger partial charge >= 0.3 is 15.5 Å². The number of hydrogen-bond donors (Lipinski definition) is 2. The highest BCUT2D eigenvalue weighted by Crippen LogP contribution is 2.45. The molecule has 1 aliphatic rings. The molecule has 0 heterocycles. The molecule has 1 saturated carbocycles. The molecule has 1 aromatic carbocycles. The van der Waals surface area contributed by atoms with Crippen molar-refractivity contribution in [1.29, 1.82) is 0 Å². The van der Waals surface area contributed by atoms with Crippen LogP contribution in [-0.4, -0.2) is 34.9 Å². The smallest absolute Gasteiger partial charge is 0.211 e. The van der Waals surface area contributed by atoms with E-state index in [4.69, 9.17) is 0 Å². The second-order valence-electron chi connectivity index (χ2n) is 7.59. The molecular weight excluding hydrogens is 467 g/mol. The number of benzene rings is 1. The van der Waals surface area contributed by atoms with Gasteiger partial charge in [-0.05, 0) is 57.7 Å². The first-order valence-electron chi connectivity index (χ1n) is 9.28. The van der Waals surface area contributed by atoms with Crippen LogP contribution in [0.3, 0.4) is 0 Å². The molecule has 2 N–H and O–H groups in total. The first kappa shape index (κ1) is 25.7. The average molecular weight is 491 g/mol. The van der Waals surface area contributed by atoms with Crippen molar-refractivity contribution in [3.8, 4) is 0 Å². The minimum absolute atomic E-state index is 0.118. The Morgan fingerprint density at radius 2 is 1.71 bits per heavy atom. The van der Waals surface area contributed by atoms with Gasteiger partial charge in [-0.15, -0.1) is 0 Å². The summed E-state index contributed by atoms with van der Waals surface area (Å²) in [4.78, 5) is 0. The summed E-state index contributed by atoms with van der Waals surface area (Å²) in [5, 5.41) is 0. The highest BCUT2D eigenvalue weighted by atomic mass is 32.2. The van der Waals surface area contributed by atoms with E-state index < -0.39 is 66.4 Å². The van der Waals surface area contributed by atoms with Gasteiger partial charge in [-0.1, -0.05) is 11.6 Å². The summed E-state index contributed by atoms with van der Waals surface area (Å²) in [5.74, 6) is -1.86. The van der Waals surface area contributed by atoms with E-state index in [0.29, 0.717) is 0 Å². The molecule has 0 aliphatic heterocycles. The van der Waals surface area contributed by atoms with Crippen molar-refractivity contribution >= 4 is 20.0 Å². The van der Waals surface area contributed by atoms with Crippen LogP contribution in [0.1, 0.15) is 45.1 Å². The number of nitrogens with one attached hydrogen (secondary N) is 2. The Morgan fingerprint density at radius 1 is 1.13 bits per heavy atom. The van der Waals surface area contributed by atoms with Gasteiger partial charge in [0.15, 0.2) is 0 Å². The molecule has 0 saturated heterocycles. The molecule has 13 heteroatoms. The molecule has 0 radical (unpaired) electrons. The summed E-state index contributed by atoms with van der Waals surface area (Å²) in [6.07, 6.45) is 0.0883. The Balaban J connectivity index is 2.40. The lowest BCUT2D eigenvalue weighted by Gasteiger charge is -2.40. The highest BCUT2D eigenvalue weighted by Gasteiger charge is 2.52. The fourth-order valence-corrected chi connectivity index (χ4v) is 6.12. The van der Waals surface area contributed by atoms with Crippen LogP contribution in [0.5, 0.6) is 0 Å². The van der Waals surface area contributed by atoms with Gasteiger partial charge in [-0.25, -0.2) is 35.1 Å². The number of rotatable bonds is 7. The minimum Gasteiger partial charge on any atom is -0.211 e. The largest absolute Gasteiger partial charge is 0.511 e. The molecule has 0 bridgehead atoms. The maximum atomic E-state index is 14.6. The first-order chi connectivity index (χ1) is 14.1. The third-order valence-corrected chi connectivity index (χ3v) is 8.59. The van der Waals surface area contributed by atoms with E-state index in [1.165, 1.54) is 4.72 Å². The molecule has 1 fully saturated rings. The van der Waals surface area contributed by atoms with E-state index in [2.05, 4.69) is 4.72 Å². The Bertz CT molecular complexity index is 1040. The van der Waals surface area contributed by atoms with Gasteiger partial charge in [0, 0.05) is 18.2 Å². The number of alkyl halides is 3. The van der Waals surface area contributed by atoms with Gasteiger partial charge in [0.05, 0.1) is 0 Å². The predicted octanol–water partition coefficient (Wildman–Crippen LogP) is 3.43. The zero-order valence-corrected chi connectivity index (χ0v) is 18.4. The van der Waals surface area contributed by atoms with Crippen molar-refractivity contribution in [2.45, 2.75) is 55.8 Å². The maximum absolute atomic E-state index is 14.6. The van der Waals surface area contributed by atoms with Crippen LogP contribution in [0.15, 0.2) is 29.8 Å². The Kier molecular flexibility index (Phi) is 7.56. The molecule has 0 atom stereocenters. The second-order valence-corrected chi connectivity index (χ2v) is 11.4. The molecule has 2 rings (SSSR count). The summed E-state index contributed by atoms with van der Waals surface area (Å²) >= 11 is 0. The average Bonchev–Trinajstić information content (AvgIpc) is 2.62. The third-order valence-electron chi connectivity index (χ3n) is 5.14. The van der Waals surface area contributed by atoms with E-state index >= 15 is 0 Å². The topological polar surface area (TPSA) is 92.3 Å². The zero-order chi connectivity index (χ0) is 23.7. The van der Waals surface area contributed by atoms with Crippen LogP contribution in [0, 0.1) is 11.6 Å². The van der Waals surface area contributed by atoms with Crippen LogP contribution in [0.25, 0.3) is 0 Å². The first-order valence-corrected chi connectivity index (χ1v) is 12.2. The standard InChI is InChI=1S/C18H23F5N2O4S2/c1-12(2)7-10-24-30(26,27)17(15-11-13(19)3-4-16(15)20)8-5-14(6-9-17)25-31(28,29)18(21,22)23/h3-4,7,11,14,24-25H,5-6,8-10H2,1-2H3. The van der Waals surface area contributed by atoms with E-state index in [9.17, 15) is 38.8 Å². The highest BCUT2D eigenvalue weighted by molar-refractivity contribution is 7.90. The quantitative estimate of drug-likeness (QED) is 0.453. The van der Waals surface area contributed by atoms with Gasteiger partial charge in [0.2, 0.25) is 10.0 Å². The van der Waals surface area contributed by atoms with Gasteiger partial charge in [-0.3, -0.25) is 0 Å². The van der Waals surface area contributed by atoms with Crippen LogP contribution in [0.2, 0.25) is 0 Å². The van der Waals surface area contributed by atoms with Crippen LogP contribution < -0.4 is 9.44 Å². The Labute approximate surface area is 178 Å². The van der Waals surface area contributed by atoms with Gasteiger partial charge in [0.1, 0.15) is 16.4 Å². The molecule has 0 unspecified atom stereocenters. The van der Waals surface area contributed by atoms with Gasteiger partial charge < -0.3 is 0 Å². The molecule has 0 aromatic heterocycles. The van der Waals surface area contributed by atoms with E-state index in [1.54, 1.807) is 19.9 Å². The predicted molar refractivity (Wildman–Crippen MR) is 105 cm³/mol. The van der Waals surface area contributed by atoms with Gasteiger partial charge in [-0.2, -0.15) is 13.2 Å². The fraction of sp³-hybridized carbons (Fsp3) is 0.556. The second kappa shape index (κ2) is 9.12. The maximum Gasteiger partial charge on any atom is 0.511 e. The Morgan fingerprint density at radius 3 is 2.23 bits per heavy atom. The molecule has 0 amide bonds. The number of allylic oxidation sites excluding steroid dienone is 1. The molecular formula is C18H23F5N2O4S2. The monoisotopic (exact) mass is 490 g/mol. The van der Waals surface area contributed by atoms with Crippen molar-refractivity contribution in [2.75, 3.05) is 6.54 Å². The van der Waals surface area contributed by atoms with Crippen molar-refractivity contribution in [3.63, 3.8) is 0 Å².